The molecule has 1 aromatic carbocycles. The average molecular weight is 221 g/mol. The van der Waals surface area contributed by atoms with Crippen LogP contribution in [0, 0.1) is 0 Å². The molecule has 1 heterocycles. The molecule has 1 aliphatic rings. The van der Waals surface area contributed by atoms with Crippen LogP contribution in [0.3, 0.4) is 0 Å². The summed E-state index contributed by atoms with van der Waals surface area (Å²) in [5.74, 6) is 0. The zero-order chi connectivity index (χ0) is 10.5. The lowest BCUT2D eigenvalue weighted by Gasteiger charge is -2.06. The summed E-state index contributed by atoms with van der Waals surface area (Å²) in [5, 5.41) is 2.01. The highest BCUT2D eigenvalue weighted by molar-refractivity contribution is 6.31. The number of nitrogens with one attached hydrogen (secondary N) is 1. The van der Waals surface area contributed by atoms with Gasteiger partial charge in [0.2, 0.25) is 0 Å². The SMILES string of the molecule is NC1(Cc2c[nH]c3cc(Cl)ccc23)CC1. The van der Waals surface area contributed by atoms with Crippen LogP contribution in [0.15, 0.2) is 24.4 Å². The maximum atomic E-state index is 6.12. The number of halogens is 1. The van der Waals surface area contributed by atoms with E-state index in [4.69, 9.17) is 17.3 Å². The molecule has 2 nitrogen and oxygen atoms in total. The number of aromatic amines is 1. The summed E-state index contributed by atoms with van der Waals surface area (Å²) in [6.07, 6.45) is 5.31. The van der Waals surface area contributed by atoms with E-state index < -0.39 is 0 Å². The van der Waals surface area contributed by atoms with E-state index in [2.05, 4.69) is 11.1 Å². The molecule has 0 amide bonds. The Morgan fingerprint density at radius 3 is 2.93 bits per heavy atom. The molecule has 0 radical (unpaired) electrons. The number of aromatic nitrogens is 1. The second-order valence-electron chi connectivity index (χ2n) is 4.54. The molecule has 0 bridgehead atoms. The van der Waals surface area contributed by atoms with Crippen LogP contribution in [0.25, 0.3) is 10.9 Å². The van der Waals surface area contributed by atoms with Gasteiger partial charge in [-0.1, -0.05) is 17.7 Å². The van der Waals surface area contributed by atoms with E-state index in [1.807, 2.05) is 18.3 Å². The Bertz CT molecular complexity index is 511. The van der Waals surface area contributed by atoms with Gasteiger partial charge < -0.3 is 10.7 Å². The third kappa shape index (κ3) is 1.64. The van der Waals surface area contributed by atoms with E-state index >= 15 is 0 Å². The van der Waals surface area contributed by atoms with Gasteiger partial charge in [0.15, 0.2) is 0 Å². The maximum absolute atomic E-state index is 6.12. The number of hydrogen-bond donors (Lipinski definition) is 2. The lowest BCUT2D eigenvalue weighted by Crippen LogP contribution is -2.24. The van der Waals surface area contributed by atoms with Crippen molar-refractivity contribution in [2.24, 2.45) is 5.73 Å². The summed E-state index contributed by atoms with van der Waals surface area (Å²) in [6, 6.07) is 5.95. The molecule has 1 aliphatic carbocycles. The van der Waals surface area contributed by atoms with Gasteiger partial charge in [-0.15, -0.1) is 0 Å². The monoisotopic (exact) mass is 220 g/mol. The Morgan fingerprint density at radius 2 is 2.20 bits per heavy atom. The van der Waals surface area contributed by atoms with E-state index in [-0.39, 0.29) is 5.54 Å². The largest absolute Gasteiger partial charge is 0.361 e. The first-order chi connectivity index (χ1) is 7.16. The molecule has 0 spiro atoms. The molecule has 2 aromatic rings. The van der Waals surface area contributed by atoms with E-state index in [9.17, 15) is 0 Å². The third-order valence-corrected chi connectivity index (χ3v) is 3.40. The van der Waals surface area contributed by atoms with Gasteiger partial charge >= 0.3 is 0 Å². The molecule has 3 N–H and O–H groups in total. The van der Waals surface area contributed by atoms with Crippen LogP contribution in [0.2, 0.25) is 5.02 Å². The third-order valence-electron chi connectivity index (χ3n) is 3.16. The van der Waals surface area contributed by atoms with E-state index in [0.717, 1.165) is 29.8 Å². The van der Waals surface area contributed by atoms with Crippen molar-refractivity contribution in [3.63, 3.8) is 0 Å². The second-order valence-corrected chi connectivity index (χ2v) is 4.98. The first kappa shape index (κ1) is 9.25. The molecule has 15 heavy (non-hydrogen) atoms. The molecule has 1 fully saturated rings. The quantitative estimate of drug-likeness (QED) is 0.803. The van der Waals surface area contributed by atoms with Crippen molar-refractivity contribution < 1.29 is 0 Å². The highest BCUT2D eigenvalue weighted by atomic mass is 35.5. The van der Waals surface area contributed by atoms with Crippen LogP contribution in [0.5, 0.6) is 0 Å². The summed E-state index contributed by atoms with van der Waals surface area (Å²) in [6.45, 7) is 0. The Kier molecular flexibility index (Phi) is 1.85. The minimum Gasteiger partial charge on any atom is -0.361 e. The summed E-state index contributed by atoms with van der Waals surface area (Å²) < 4.78 is 0. The van der Waals surface area contributed by atoms with Crippen LogP contribution < -0.4 is 5.73 Å². The zero-order valence-corrected chi connectivity index (χ0v) is 9.14. The predicted octanol–water partition coefficient (Wildman–Crippen LogP) is 2.86. The van der Waals surface area contributed by atoms with Crippen molar-refractivity contribution in [3.05, 3.63) is 35.0 Å². The average Bonchev–Trinajstić information content (AvgIpc) is 2.79. The van der Waals surface area contributed by atoms with Crippen molar-refractivity contribution in [1.82, 2.24) is 4.98 Å². The van der Waals surface area contributed by atoms with Crippen molar-refractivity contribution in [2.45, 2.75) is 24.8 Å². The Balaban J connectivity index is 2.04. The van der Waals surface area contributed by atoms with Gasteiger partial charge in [0.05, 0.1) is 0 Å². The van der Waals surface area contributed by atoms with Gasteiger partial charge in [0, 0.05) is 27.7 Å². The van der Waals surface area contributed by atoms with Crippen LogP contribution in [0.4, 0.5) is 0 Å². The lowest BCUT2D eigenvalue weighted by molar-refractivity contribution is 0.675. The number of rotatable bonds is 2. The van der Waals surface area contributed by atoms with Gasteiger partial charge in [-0.25, -0.2) is 0 Å². The standard InChI is InChI=1S/C12H13ClN2/c13-9-1-2-10-8(6-12(14)3-4-12)7-15-11(10)5-9/h1-2,5,7,15H,3-4,6,14H2. The number of hydrogen-bond acceptors (Lipinski definition) is 1. The van der Waals surface area contributed by atoms with E-state index in [1.54, 1.807) is 0 Å². The minimum absolute atomic E-state index is 0.0642. The van der Waals surface area contributed by atoms with Crippen molar-refractivity contribution >= 4 is 22.5 Å². The minimum atomic E-state index is 0.0642. The first-order valence-corrected chi connectivity index (χ1v) is 5.59. The van der Waals surface area contributed by atoms with Crippen LogP contribution in [-0.4, -0.2) is 10.5 Å². The molecule has 78 valence electrons. The van der Waals surface area contributed by atoms with Gasteiger partial charge in [-0.05, 0) is 37.0 Å². The number of fused-ring (bicyclic) bond motifs is 1. The molecule has 1 saturated carbocycles. The molecular weight excluding hydrogens is 208 g/mol. The predicted molar refractivity (Wildman–Crippen MR) is 63.2 cm³/mol. The molecular formula is C12H13ClN2. The van der Waals surface area contributed by atoms with Crippen molar-refractivity contribution in [3.8, 4) is 0 Å². The normalized spacial score (nSPS) is 18.3. The van der Waals surface area contributed by atoms with Crippen LogP contribution >= 0.6 is 11.6 Å². The number of nitrogens with two attached hydrogens (primary N) is 1. The second kappa shape index (κ2) is 3.00. The van der Waals surface area contributed by atoms with Gasteiger partial charge in [0.1, 0.15) is 0 Å². The van der Waals surface area contributed by atoms with Gasteiger partial charge in [-0.3, -0.25) is 0 Å². The van der Waals surface area contributed by atoms with Gasteiger partial charge in [0.25, 0.3) is 0 Å². The highest BCUT2D eigenvalue weighted by Gasteiger charge is 2.38. The number of benzene rings is 1. The fourth-order valence-electron chi connectivity index (χ4n) is 2.02. The first-order valence-electron chi connectivity index (χ1n) is 5.21. The number of H-pyrrole nitrogens is 1. The van der Waals surface area contributed by atoms with Crippen molar-refractivity contribution in [1.29, 1.82) is 0 Å². The van der Waals surface area contributed by atoms with Crippen molar-refractivity contribution in [2.75, 3.05) is 0 Å². The fourth-order valence-corrected chi connectivity index (χ4v) is 2.19. The Labute approximate surface area is 93.4 Å². The molecule has 0 unspecified atom stereocenters. The zero-order valence-electron chi connectivity index (χ0n) is 8.39. The van der Waals surface area contributed by atoms with E-state index in [1.165, 1.54) is 10.9 Å². The Morgan fingerprint density at radius 1 is 1.40 bits per heavy atom. The molecule has 0 aliphatic heterocycles. The summed E-state index contributed by atoms with van der Waals surface area (Å²) in [7, 11) is 0. The summed E-state index contributed by atoms with van der Waals surface area (Å²) in [4.78, 5) is 3.24. The van der Waals surface area contributed by atoms with Crippen LogP contribution in [-0.2, 0) is 6.42 Å². The topological polar surface area (TPSA) is 41.8 Å². The summed E-state index contributed by atoms with van der Waals surface area (Å²) in [5.41, 5.74) is 8.59. The molecule has 0 saturated heterocycles. The lowest BCUT2D eigenvalue weighted by atomic mass is 10.0. The molecule has 0 atom stereocenters. The van der Waals surface area contributed by atoms with Crippen LogP contribution in [0.1, 0.15) is 18.4 Å². The fraction of sp³-hybridized carbons (Fsp3) is 0.333. The molecule has 1 aromatic heterocycles. The molecule has 3 heteroatoms. The molecule has 3 rings (SSSR count). The van der Waals surface area contributed by atoms with E-state index in [0.29, 0.717) is 0 Å². The smallest absolute Gasteiger partial charge is 0.0471 e. The van der Waals surface area contributed by atoms with Gasteiger partial charge in [-0.2, -0.15) is 0 Å². The highest BCUT2D eigenvalue weighted by Crippen LogP contribution is 2.37. The summed E-state index contributed by atoms with van der Waals surface area (Å²) >= 11 is 5.93. The Hall–Kier alpha value is -0.990. The maximum Gasteiger partial charge on any atom is 0.0471 e.